The molecule has 2 aromatic heterocycles. The van der Waals surface area contributed by atoms with Gasteiger partial charge in [0.1, 0.15) is 11.6 Å². The Morgan fingerprint density at radius 3 is 2.43 bits per heavy atom. The Kier molecular flexibility index (Phi) is 6.17. The minimum absolute atomic E-state index is 0.00135. The first-order valence-corrected chi connectivity index (χ1v) is 12.4. The van der Waals surface area contributed by atoms with Crippen molar-refractivity contribution in [1.29, 1.82) is 0 Å². The van der Waals surface area contributed by atoms with Crippen molar-refractivity contribution in [2.24, 2.45) is 13.0 Å². The fourth-order valence-corrected chi connectivity index (χ4v) is 5.88. The Labute approximate surface area is 212 Å². The zero-order valence-electron chi connectivity index (χ0n) is 19.9. The molecule has 2 fully saturated rings. The smallest absolute Gasteiger partial charge is 0.248 e. The topological polar surface area (TPSA) is 50.1 Å². The van der Waals surface area contributed by atoms with Gasteiger partial charge in [0.05, 0.1) is 5.02 Å². The molecule has 0 N–H and O–H groups in total. The van der Waals surface area contributed by atoms with Gasteiger partial charge >= 0.3 is 0 Å². The van der Waals surface area contributed by atoms with Gasteiger partial charge in [-0.25, -0.2) is 18.2 Å². The van der Waals surface area contributed by atoms with E-state index >= 15 is 0 Å². The summed E-state index contributed by atoms with van der Waals surface area (Å²) in [5.41, 5.74) is 2.11. The fourth-order valence-electron chi connectivity index (χ4n) is 5.53. The lowest BCUT2D eigenvalue weighted by Crippen LogP contribution is -2.59. The maximum absolute atomic E-state index is 13.9. The number of alkyl halides is 2. The first-order chi connectivity index (χ1) is 16.4. The number of piperazine rings is 1. The van der Waals surface area contributed by atoms with Crippen LogP contribution >= 0.6 is 23.2 Å². The molecule has 0 radical (unpaired) electrons. The van der Waals surface area contributed by atoms with Crippen LogP contribution in [0.3, 0.4) is 0 Å². The number of halogens is 5. The predicted octanol–water partition coefficient (Wildman–Crippen LogP) is 5.80. The van der Waals surface area contributed by atoms with Crippen molar-refractivity contribution in [3.63, 3.8) is 0 Å². The van der Waals surface area contributed by atoms with Gasteiger partial charge < -0.3 is 9.47 Å². The van der Waals surface area contributed by atoms with E-state index in [0.29, 0.717) is 30.1 Å². The molecule has 0 bridgehead atoms. The van der Waals surface area contributed by atoms with E-state index in [4.69, 9.17) is 23.2 Å². The summed E-state index contributed by atoms with van der Waals surface area (Å²) in [5.74, 6) is -1.96. The highest BCUT2D eigenvalue weighted by molar-refractivity contribution is 6.30. The van der Waals surface area contributed by atoms with Crippen LogP contribution in [0.5, 0.6) is 0 Å². The molecule has 35 heavy (non-hydrogen) atoms. The van der Waals surface area contributed by atoms with Crippen LogP contribution in [-0.2, 0) is 7.05 Å². The molecule has 1 saturated carbocycles. The van der Waals surface area contributed by atoms with Crippen LogP contribution in [0.4, 0.5) is 19.0 Å². The fraction of sp³-hybridized carbons (Fsp3) is 0.542. The molecule has 1 aliphatic carbocycles. The van der Waals surface area contributed by atoms with Gasteiger partial charge in [0.25, 0.3) is 0 Å². The molecular formula is C24H27Cl2F3N6. The third-order valence-corrected chi connectivity index (χ3v) is 7.87. The number of imidazole rings is 1. The molecule has 11 heteroatoms. The quantitative estimate of drug-likeness (QED) is 0.402. The number of fused-ring (bicyclic) bond motifs is 1. The van der Waals surface area contributed by atoms with Crippen LogP contribution in [0, 0.1) is 18.7 Å². The van der Waals surface area contributed by atoms with E-state index in [1.807, 2.05) is 18.5 Å². The lowest BCUT2D eigenvalue weighted by Gasteiger charge is -2.52. The second kappa shape index (κ2) is 8.78. The summed E-state index contributed by atoms with van der Waals surface area (Å²) >= 11 is 12.4. The summed E-state index contributed by atoms with van der Waals surface area (Å²) in [7, 11) is 1.88. The number of hydrogen-bond acceptors (Lipinski definition) is 5. The monoisotopic (exact) mass is 526 g/mol. The second-order valence-corrected chi connectivity index (χ2v) is 10.6. The van der Waals surface area contributed by atoms with Gasteiger partial charge in [-0.3, -0.25) is 4.90 Å². The third kappa shape index (κ3) is 4.36. The molecule has 1 saturated heterocycles. The highest BCUT2D eigenvalue weighted by atomic mass is 35.5. The largest absolute Gasteiger partial charge is 0.349 e. The molecule has 0 amide bonds. The van der Waals surface area contributed by atoms with Gasteiger partial charge in [-0.2, -0.15) is 9.97 Å². The SMILES string of the molecule is Cc1nc2c(N3C[C@@H](C)N(C(c4ccc(F)c(Cl)c4)C4CC(F)(F)C4)CC3C)nc(Cl)nc2n1C. The van der Waals surface area contributed by atoms with Gasteiger partial charge in [-0.05, 0) is 56.0 Å². The maximum atomic E-state index is 13.9. The molecule has 6 nitrogen and oxygen atoms in total. The highest BCUT2D eigenvalue weighted by Crippen LogP contribution is 2.51. The summed E-state index contributed by atoms with van der Waals surface area (Å²) in [4.78, 5) is 17.9. The Balaban J connectivity index is 1.48. The van der Waals surface area contributed by atoms with Crippen molar-refractivity contribution in [3.05, 3.63) is 45.7 Å². The van der Waals surface area contributed by atoms with Crippen molar-refractivity contribution >= 4 is 40.2 Å². The molecule has 3 atom stereocenters. The van der Waals surface area contributed by atoms with Crippen LogP contribution in [0.1, 0.15) is 44.1 Å². The van der Waals surface area contributed by atoms with Crippen molar-refractivity contribution in [2.45, 2.75) is 57.7 Å². The van der Waals surface area contributed by atoms with Gasteiger partial charge in [0.2, 0.25) is 11.2 Å². The number of anilines is 1. The summed E-state index contributed by atoms with van der Waals surface area (Å²) in [6, 6.07) is 4.24. The van der Waals surface area contributed by atoms with Gasteiger partial charge in [-0.1, -0.05) is 17.7 Å². The molecule has 1 aromatic carbocycles. The molecular weight excluding hydrogens is 500 g/mol. The molecule has 0 spiro atoms. The minimum Gasteiger partial charge on any atom is -0.349 e. The van der Waals surface area contributed by atoms with E-state index in [1.165, 1.54) is 6.07 Å². The minimum atomic E-state index is -2.66. The highest BCUT2D eigenvalue weighted by Gasteiger charge is 2.51. The van der Waals surface area contributed by atoms with Gasteiger partial charge in [-0.15, -0.1) is 0 Å². The summed E-state index contributed by atoms with van der Waals surface area (Å²) in [6.45, 7) is 7.22. The number of aromatic nitrogens is 4. The number of aryl methyl sites for hydroxylation is 2. The van der Waals surface area contributed by atoms with E-state index in [-0.39, 0.29) is 47.2 Å². The van der Waals surface area contributed by atoms with E-state index in [1.54, 1.807) is 12.1 Å². The van der Waals surface area contributed by atoms with Crippen LogP contribution in [0.15, 0.2) is 18.2 Å². The van der Waals surface area contributed by atoms with Gasteiger partial charge in [0, 0.05) is 51.1 Å². The van der Waals surface area contributed by atoms with Crippen molar-refractivity contribution in [2.75, 3.05) is 18.0 Å². The van der Waals surface area contributed by atoms with E-state index in [9.17, 15) is 13.2 Å². The Morgan fingerprint density at radius 2 is 1.77 bits per heavy atom. The first kappa shape index (κ1) is 24.6. The molecule has 1 aliphatic heterocycles. The van der Waals surface area contributed by atoms with Crippen molar-refractivity contribution < 1.29 is 13.2 Å². The second-order valence-electron chi connectivity index (χ2n) is 9.90. The maximum Gasteiger partial charge on any atom is 0.248 e. The number of benzene rings is 1. The van der Waals surface area contributed by atoms with Crippen molar-refractivity contribution in [3.8, 4) is 0 Å². The molecule has 2 aliphatic rings. The standard InChI is InChI=1S/C24H27Cl2F3N6/c1-12-11-35(22-19-21(31-23(26)32-22)33(4)14(3)30-19)13(2)10-34(12)20(16-8-24(28,29)9-16)15-5-6-18(27)17(25)7-15/h5-7,12-13,16,20H,8-11H2,1-4H3/t12-,13?,20?/m1/s1. The zero-order chi connectivity index (χ0) is 25.2. The number of hydrogen-bond donors (Lipinski definition) is 0. The average Bonchev–Trinajstić information content (AvgIpc) is 3.05. The molecule has 3 aromatic rings. The number of rotatable bonds is 4. The molecule has 188 valence electrons. The van der Waals surface area contributed by atoms with E-state index in [2.05, 4.69) is 38.6 Å². The summed E-state index contributed by atoms with van der Waals surface area (Å²) in [6.07, 6.45) is -0.382. The predicted molar refractivity (Wildman–Crippen MR) is 131 cm³/mol. The summed E-state index contributed by atoms with van der Waals surface area (Å²) in [5, 5.41) is 0.148. The average molecular weight is 527 g/mol. The Bertz CT molecular complexity index is 1270. The number of nitrogens with zero attached hydrogens (tertiary/aromatic N) is 6. The van der Waals surface area contributed by atoms with Crippen LogP contribution < -0.4 is 4.90 Å². The van der Waals surface area contributed by atoms with Crippen LogP contribution in [0.25, 0.3) is 11.2 Å². The molecule has 5 rings (SSSR count). The van der Waals surface area contributed by atoms with E-state index < -0.39 is 11.7 Å². The summed E-state index contributed by atoms with van der Waals surface area (Å²) < 4.78 is 43.6. The van der Waals surface area contributed by atoms with Crippen molar-refractivity contribution in [1.82, 2.24) is 24.4 Å². The first-order valence-electron chi connectivity index (χ1n) is 11.7. The molecule has 3 heterocycles. The van der Waals surface area contributed by atoms with Crippen LogP contribution in [-0.4, -0.2) is 55.5 Å². The van der Waals surface area contributed by atoms with Crippen LogP contribution in [0.2, 0.25) is 10.3 Å². The van der Waals surface area contributed by atoms with Gasteiger partial charge in [0.15, 0.2) is 17.0 Å². The Hall–Kier alpha value is -2.10. The zero-order valence-corrected chi connectivity index (χ0v) is 21.5. The molecule has 2 unspecified atom stereocenters. The lowest BCUT2D eigenvalue weighted by atomic mass is 9.73. The Morgan fingerprint density at radius 1 is 1.06 bits per heavy atom. The lowest BCUT2D eigenvalue weighted by molar-refractivity contribution is -0.137. The third-order valence-electron chi connectivity index (χ3n) is 7.41. The normalized spacial score (nSPS) is 24.1. The van der Waals surface area contributed by atoms with E-state index in [0.717, 1.165) is 11.4 Å².